The summed E-state index contributed by atoms with van der Waals surface area (Å²) in [6.07, 6.45) is 2.06. The van der Waals surface area contributed by atoms with Gasteiger partial charge >= 0.3 is 5.97 Å². The highest BCUT2D eigenvalue weighted by Gasteiger charge is 2.48. The van der Waals surface area contributed by atoms with Gasteiger partial charge in [-0.05, 0) is 19.8 Å². The van der Waals surface area contributed by atoms with Gasteiger partial charge in [-0.2, -0.15) is 0 Å². The highest BCUT2D eigenvalue weighted by molar-refractivity contribution is 9.10. The molecule has 0 unspecified atom stereocenters. The molecule has 4 heteroatoms. The minimum atomic E-state index is -1.71. The topological polar surface area (TPSA) is 57.5 Å². The Morgan fingerprint density at radius 3 is 2.15 bits per heavy atom. The first kappa shape index (κ1) is 12.9. The molecule has 0 aliphatic heterocycles. The Labute approximate surface area is 87.3 Å². The smallest absolute Gasteiger partial charge is 0.336 e. The molecule has 0 bridgehead atoms. The monoisotopic (exact) mass is 252 g/mol. The highest BCUT2D eigenvalue weighted by atomic mass is 79.9. The maximum Gasteiger partial charge on any atom is 0.336 e. The second kappa shape index (κ2) is 4.42. The molecule has 0 radical (unpaired) electrons. The van der Waals surface area contributed by atoms with Crippen LogP contribution in [0, 0.1) is 0 Å². The van der Waals surface area contributed by atoms with Gasteiger partial charge in [0.25, 0.3) is 0 Å². The molecule has 0 saturated carbocycles. The van der Waals surface area contributed by atoms with Gasteiger partial charge in [-0.1, -0.05) is 36.2 Å². The van der Waals surface area contributed by atoms with Crippen molar-refractivity contribution in [3.05, 3.63) is 0 Å². The van der Waals surface area contributed by atoms with Crippen LogP contribution in [0.4, 0.5) is 0 Å². The van der Waals surface area contributed by atoms with Gasteiger partial charge in [-0.25, -0.2) is 4.79 Å². The van der Waals surface area contributed by atoms with E-state index in [9.17, 15) is 9.90 Å². The minimum absolute atomic E-state index is 0.583. The van der Waals surface area contributed by atoms with Crippen LogP contribution in [0.2, 0.25) is 0 Å². The zero-order valence-corrected chi connectivity index (χ0v) is 9.89. The Kier molecular flexibility index (Phi) is 4.39. The lowest BCUT2D eigenvalue weighted by atomic mass is 9.83. The molecule has 0 aromatic carbocycles. The minimum Gasteiger partial charge on any atom is -0.479 e. The molecular formula is C9H17BrO3. The summed E-state index contributed by atoms with van der Waals surface area (Å²) in [5.41, 5.74) is -1.71. The second-order valence-electron chi connectivity index (χ2n) is 3.45. The fourth-order valence-corrected chi connectivity index (χ4v) is 1.92. The van der Waals surface area contributed by atoms with Crippen molar-refractivity contribution in [2.45, 2.75) is 50.0 Å². The van der Waals surface area contributed by atoms with E-state index in [1.165, 1.54) is 6.92 Å². The molecule has 0 saturated heterocycles. The summed E-state index contributed by atoms with van der Waals surface area (Å²) in [6.45, 7) is 5.16. The van der Waals surface area contributed by atoms with Gasteiger partial charge in [0.1, 0.15) is 0 Å². The predicted octanol–water partition coefficient (Wildman–Crippen LogP) is 2.17. The van der Waals surface area contributed by atoms with E-state index in [-0.39, 0.29) is 0 Å². The van der Waals surface area contributed by atoms with Crippen LogP contribution in [0.25, 0.3) is 0 Å². The first-order valence-electron chi connectivity index (χ1n) is 4.46. The first-order chi connectivity index (χ1) is 5.81. The van der Waals surface area contributed by atoms with Crippen LogP contribution in [-0.4, -0.2) is 26.1 Å². The van der Waals surface area contributed by atoms with Crippen molar-refractivity contribution in [2.24, 2.45) is 0 Å². The molecule has 2 N–H and O–H groups in total. The van der Waals surface area contributed by atoms with Crippen LogP contribution >= 0.6 is 15.9 Å². The summed E-state index contributed by atoms with van der Waals surface area (Å²) in [7, 11) is 0. The van der Waals surface area contributed by atoms with Gasteiger partial charge in [0.05, 0.1) is 4.32 Å². The number of halogens is 1. The number of hydrogen-bond acceptors (Lipinski definition) is 2. The van der Waals surface area contributed by atoms with Crippen LogP contribution < -0.4 is 0 Å². The van der Waals surface area contributed by atoms with Gasteiger partial charge in [-0.15, -0.1) is 0 Å². The molecule has 0 heterocycles. The molecular weight excluding hydrogens is 236 g/mol. The second-order valence-corrected chi connectivity index (χ2v) is 4.96. The third kappa shape index (κ3) is 2.44. The molecule has 3 nitrogen and oxygen atoms in total. The summed E-state index contributed by atoms with van der Waals surface area (Å²) in [5, 5.41) is 18.7. The average molecular weight is 253 g/mol. The van der Waals surface area contributed by atoms with Crippen LogP contribution in [-0.2, 0) is 4.79 Å². The molecule has 0 aliphatic rings. The van der Waals surface area contributed by atoms with E-state index in [2.05, 4.69) is 15.9 Å². The quantitative estimate of drug-likeness (QED) is 0.738. The number of aliphatic hydroxyl groups is 1. The average Bonchev–Trinajstić information content (AvgIpc) is 2.04. The first-order valence-corrected chi connectivity index (χ1v) is 5.25. The molecule has 0 fully saturated rings. The highest BCUT2D eigenvalue weighted by Crippen LogP contribution is 2.39. The molecule has 0 aromatic rings. The van der Waals surface area contributed by atoms with Crippen molar-refractivity contribution < 1.29 is 15.0 Å². The summed E-state index contributed by atoms with van der Waals surface area (Å²) in [5.74, 6) is -1.18. The summed E-state index contributed by atoms with van der Waals surface area (Å²) in [6, 6.07) is 0. The van der Waals surface area contributed by atoms with Gasteiger partial charge in [0.15, 0.2) is 5.60 Å². The number of carbonyl (C=O) groups is 1. The molecule has 0 rings (SSSR count). The van der Waals surface area contributed by atoms with E-state index in [0.29, 0.717) is 12.8 Å². The molecule has 78 valence electrons. The normalized spacial score (nSPS) is 20.4. The third-order valence-electron chi connectivity index (χ3n) is 2.50. The van der Waals surface area contributed by atoms with E-state index in [1.54, 1.807) is 0 Å². The van der Waals surface area contributed by atoms with Crippen molar-refractivity contribution in [1.29, 1.82) is 0 Å². The Hall–Kier alpha value is -0.0900. The van der Waals surface area contributed by atoms with E-state index < -0.39 is 15.9 Å². The third-order valence-corrected chi connectivity index (χ3v) is 4.22. The van der Waals surface area contributed by atoms with E-state index in [0.717, 1.165) is 6.42 Å². The van der Waals surface area contributed by atoms with E-state index in [1.807, 2.05) is 13.8 Å². The number of carboxylic acid groups (broad SMARTS) is 1. The van der Waals surface area contributed by atoms with Gasteiger partial charge < -0.3 is 10.2 Å². The lowest BCUT2D eigenvalue weighted by Crippen LogP contribution is -2.53. The Morgan fingerprint density at radius 2 is 1.92 bits per heavy atom. The van der Waals surface area contributed by atoms with Gasteiger partial charge in [0.2, 0.25) is 0 Å². The van der Waals surface area contributed by atoms with E-state index >= 15 is 0 Å². The van der Waals surface area contributed by atoms with Crippen molar-refractivity contribution in [1.82, 2.24) is 0 Å². The summed E-state index contributed by atoms with van der Waals surface area (Å²) < 4.78 is -0.722. The molecule has 0 spiro atoms. The zero-order chi connectivity index (χ0) is 10.7. The number of alkyl halides is 1. The maximum atomic E-state index is 10.8. The standard InChI is InChI=1S/C9H17BrO3/c1-4-6-9(10,5-2)8(3,13)7(11)12/h13H,4-6H2,1-3H3,(H,11,12)/t8-,9-/m0/s1. The lowest BCUT2D eigenvalue weighted by Gasteiger charge is -2.37. The molecule has 2 atom stereocenters. The fraction of sp³-hybridized carbons (Fsp3) is 0.889. The SMILES string of the molecule is CCC[C@@](Br)(CC)[C@@](C)(O)C(=O)O. The van der Waals surface area contributed by atoms with Crippen LogP contribution in [0.15, 0.2) is 0 Å². The number of rotatable bonds is 5. The van der Waals surface area contributed by atoms with Crippen LogP contribution in [0.5, 0.6) is 0 Å². The van der Waals surface area contributed by atoms with Gasteiger partial charge in [0, 0.05) is 0 Å². The Morgan fingerprint density at radius 1 is 1.46 bits per heavy atom. The zero-order valence-electron chi connectivity index (χ0n) is 8.30. The lowest BCUT2D eigenvalue weighted by molar-refractivity contribution is -0.160. The molecule has 0 aliphatic carbocycles. The van der Waals surface area contributed by atoms with Gasteiger partial charge in [-0.3, -0.25) is 0 Å². The largest absolute Gasteiger partial charge is 0.479 e. The van der Waals surface area contributed by atoms with Crippen LogP contribution in [0.3, 0.4) is 0 Å². The molecule has 13 heavy (non-hydrogen) atoms. The number of aliphatic carboxylic acids is 1. The molecule has 0 amide bonds. The summed E-state index contributed by atoms with van der Waals surface area (Å²) in [4.78, 5) is 10.8. The Bertz CT molecular complexity index is 191. The van der Waals surface area contributed by atoms with Crippen molar-refractivity contribution in [3.8, 4) is 0 Å². The Balaban J connectivity index is 4.82. The number of hydrogen-bond donors (Lipinski definition) is 2. The van der Waals surface area contributed by atoms with E-state index in [4.69, 9.17) is 5.11 Å². The predicted molar refractivity (Wildman–Crippen MR) is 55.1 cm³/mol. The summed E-state index contributed by atoms with van der Waals surface area (Å²) >= 11 is 3.34. The maximum absolute atomic E-state index is 10.8. The van der Waals surface area contributed by atoms with Crippen LogP contribution in [0.1, 0.15) is 40.0 Å². The van der Waals surface area contributed by atoms with Crippen molar-refractivity contribution in [3.63, 3.8) is 0 Å². The fourth-order valence-electron chi connectivity index (χ4n) is 1.35. The van der Waals surface area contributed by atoms with Crippen molar-refractivity contribution >= 4 is 21.9 Å². The van der Waals surface area contributed by atoms with Crippen molar-refractivity contribution in [2.75, 3.05) is 0 Å². The molecule has 0 aromatic heterocycles. The number of carboxylic acids is 1.